The third-order valence-corrected chi connectivity index (χ3v) is 4.08. The molecule has 0 heterocycles. The van der Waals surface area contributed by atoms with E-state index in [-0.39, 0.29) is 23.8 Å². The molecule has 0 aliphatic heterocycles. The first-order chi connectivity index (χ1) is 10.5. The highest BCUT2D eigenvalue weighted by molar-refractivity contribution is 8.01. The molecule has 0 saturated carbocycles. The van der Waals surface area contributed by atoms with Crippen LogP contribution in [0.3, 0.4) is 0 Å². The van der Waals surface area contributed by atoms with Crippen molar-refractivity contribution < 1.29 is 23.8 Å². The van der Waals surface area contributed by atoms with Gasteiger partial charge >= 0.3 is 11.9 Å². The van der Waals surface area contributed by atoms with E-state index in [4.69, 9.17) is 14.2 Å². The van der Waals surface area contributed by atoms with Crippen LogP contribution < -0.4 is 0 Å². The van der Waals surface area contributed by atoms with Crippen molar-refractivity contribution in [2.24, 2.45) is 0 Å². The zero-order valence-electron chi connectivity index (χ0n) is 14.3. The summed E-state index contributed by atoms with van der Waals surface area (Å²) in [5.41, 5.74) is -0.169. The normalized spacial score (nSPS) is 13.5. The van der Waals surface area contributed by atoms with Gasteiger partial charge in [-0.05, 0) is 26.7 Å². The topological polar surface area (TPSA) is 61.8 Å². The van der Waals surface area contributed by atoms with E-state index in [0.717, 1.165) is 25.7 Å². The second-order valence-electron chi connectivity index (χ2n) is 4.95. The lowest BCUT2D eigenvalue weighted by molar-refractivity contribution is -0.149. The Bertz CT molecular complexity index is 309. The van der Waals surface area contributed by atoms with Crippen molar-refractivity contribution >= 4 is 23.7 Å². The summed E-state index contributed by atoms with van der Waals surface area (Å²) in [6, 6.07) is 0. The molecule has 0 bridgehead atoms. The van der Waals surface area contributed by atoms with Crippen LogP contribution in [0.4, 0.5) is 0 Å². The van der Waals surface area contributed by atoms with Gasteiger partial charge in [0.1, 0.15) is 10.7 Å². The Labute approximate surface area is 138 Å². The number of hydrogen-bond acceptors (Lipinski definition) is 6. The van der Waals surface area contributed by atoms with Gasteiger partial charge in [0.25, 0.3) is 0 Å². The van der Waals surface area contributed by atoms with Gasteiger partial charge in [-0.3, -0.25) is 9.59 Å². The van der Waals surface area contributed by atoms with E-state index in [1.807, 2.05) is 27.7 Å². The molecule has 0 aliphatic carbocycles. The second-order valence-corrected chi connectivity index (χ2v) is 6.45. The summed E-state index contributed by atoms with van der Waals surface area (Å²) in [4.78, 5) is 23.9. The van der Waals surface area contributed by atoms with Gasteiger partial charge in [-0.2, -0.15) is 0 Å². The molecule has 2 atom stereocenters. The van der Waals surface area contributed by atoms with Crippen molar-refractivity contribution in [3.63, 3.8) is 0 Å². The Hall–Kier alpha value is -0.750. The largest absolute Gasteiger partial charge is 0.466 e. The summed E-state index contributed by atoms with van der Waals surface area (Å²) in [7, 11) is 0. The van der Waals surface area contributed by atoms with Gasteiger partial charge < -0.3 is 14.2 Å². The smallest absolute Gasteiger partial charge is 0.319 e. The van der Waals surface area contributed by atoms with Crippen LogP contribution in [-0.2, 0) is 23.8 Å². The molecular weight excluding hydrogens is 304 g/mol. The molecule has 2 unspecified atom stereocenters. The van der Waals surface area contributed by atoms with Crippen LogP contribution in [0.2, 0.25) is 0 Å². The lowest BCUT2D eigenvalue weighted by atomic mass is 10.3. The number of carbonyl (C=O) groups excluding carboxylic acids is 2. The van der Waals surface area contributed by atoms with E-state index < -0.39 is 5.25 Å². The number of rotatable bonds is 13. The van der Waals surface area contributed by atoms with Gasteiger partial charge in [-0.25, -0.2) is 0 Å². The monoisotopic (exact) mass is 334 g/mol. The fourth-order valence-electron chi connectivity index (χ4n) is 1.64. The zero-order valence-corrected chi connectivity index (χ0v) is 15.1. The minimum absolute atomic E-state index is 0.0246. The molecule has 0 N–H and O–H groups in total. The molecular formula is C16H30O5S. The molecule has 0 saturated heterocycles. The quantitative estimate of drug-likeness (QED) is 0.292. The van der Waals surface area contributed by atoms with E-state index in [1.54, 1.807) is 0 Å². The zero-order chi connectivity index (χ0) is 16.8. The van der Waals surface area contributed by atoms with Crippen molar-refractivity contribution in [3.8, 4) is 0 Å². The van der Waals surface area contributed by atoms with Crippen LogP contribution in [0.15, 0.2) is 0 Å². The van der Waals surface area contributed by atoms with Crippen molar-refractivity contribution in [1.29, 1.82) is 0 Å². The van der Waals surface area contributed by atoms with Gasteiger partial charge in [0, 0.05) is 6.61 Å². The third-order valence-electron chi connectivity index (χ3n) is 2.88. The van der Waals surface area contributed by atoms with Crippen LogP contribution in [0.1, 0.15) is 59.8 Å². The summed E-state index contributed by atoms with van der Waals surface area (Å²) in [5.74, 6) is -0.723. The molecule has 0 spiro atoms. The molecule has 0 radical (unpaired) electrons. The molecule has 6 heteroatoms. The summed E-state index contributed by atoms with van der Waals surface area (Å²) in [6.07, 6.45) is 3.60. The van der Waals surface area contributed by atoms with Crippen molar-refractivity contribution in [2.75, 3.05) is 19.8 Å². The average Bonchev–Trinajstić information content (AvgIpc) is 2.47. The number of esters is 2. The number of unbranched alkanes of at least 4 members (excludes halogenated alkanes) is 2. The maximum absolute atomic E-state index is 12.1. The van der Waals surface area contributed by atoms with E-state index in [1.165, 1.54) is 11.8 Å². The minimum atomic E-state index is -0.576. The number of ether oxygens (including phenoxy) is 3. The van der Waals surface area contributed by atoms with E-state index in [9.17, 15) is 9.59 Å². The molecule has 0 aromatic carbocycles. The van der Waals surface area contributed by atoms with Gasteiger partial charge in [-0.1, -0.05) is 26.7 Å². The molecule has 5 nitrogen and oxygen atoms in total. The standard InChI is InChI=1S/C16H30O5S/c1-5-8-10-20-15(17)12-14(22-13(4)19-7-3)16(18)21-11-9-6-2/h13-14H,5-12H2,1-4H3. The van der Waals surface area contributed by atoms with Crippen LogP contribution in [0.25, 0.3) is 0 Å². The summed E-state index contributed by atoms with van der Waals surface area (Å²) in [6.45, 7) is 9.17. The van der Waals surface area contributed by atoms with Gasteiger partial charge in [0.05, 0.1) is 19.6 Å². The molecule has 0 aliphatic rings. The maximum Gasteiger partial charge on any atom is 0.319 e. The average molecular weight is 334 g/mol. The molecule has 0 rings (SSSR count). The SMILES string of the molecule is CCCCOC(=O)CC(SC(C)OCC)C(=O)OCCCC. The molecule has 0 aromatic rings. The van der Waals surface area contributed by atoms with Crippen LogP contribution in [-0.4, -0.2) is 42.4 Å². The first-order valence-electron chi connectivity index (χ1n) is 8.14. The van der Waals surface area contributed by atoms with E-state index in [2.05, 4.69) is 0 Å². The van der Waals surface area contributed by atoms with Gasteiger partial charge in [0.2, 0.25) is 0 Å². The summed E-state index contributed by atoms with van der Waals surface area (Å²) < 4.78 is 15.8. The van der Waals surface area contributed by atoms with E-state index in [0.29, 0.717) is 19.8 Å². The van der Waals surface area contributed by atoms with Crippen LogP contribution in [0.5, 0.6) is 0 Å². The Morgan fingerprint density at radius 2 is 1.59 bits per heavy atom. The minimum Gasteiger partial charge on any atom is -0.466 e. The van der Waals surface area contributed by atoms with Crippen LogP contribution >= 0.6 is 11.8 Å². The van der Waals surface area contributed by atoms with Crippen LogP contribution in [0, 0.1) is 0 Å². The first kappa shape index (κ1) is 21.2. The molecule has 130 valence electrons. The fraction of sp³-hybridized carbons (Fsp3) is 0.875. The predicted octanol–water partition coefficient (Wildman–Crippen LogP) is 3.55. The lowest BCUT2D eigenvalue weighted by Gasteiger charge is -2.19. The Morgan fingerprint density at radius 3 is 2.14 bits per heavy atom. The number of carbonyl (C=O) groups is 2. The number of thioether (sulfide) groups is 1. The molecule has 0 aromatic heterocycles. The van der Waals surface area contributed by atoms with Crippen molar-refractivity contribution in [1.82, 2.24) is 0 Å². The Morgan fingerprint density at radius 1 is 1.00 bits per heavy atom. The van der Waals surface area contributed by atoms with Gasteiger partial charge in [-0.15, -0.1) is 11.8 Å². The first-order valence-corrected chi connectivity index (χ1v) is 9.08. The summed E-state index contributed by atoms with van der Waals surface area (Å²) >= 11 is 1.31. The maximum atomic E-state index is 12.1. The number of hydrogen-bond donors (Lipinski definition) is 0. The second kappa shape index (κ2) is 13.9. The molecule has 22 heavy (non-hydrogen) atoms. The molecule has 0 fully saturated rings. The van der Waals surface area contributed by atoms with Gasteiger partial charge in [0.15, 0.2) is 0 Å². The van der Waals surface area contributed by atoms with Crippen molar-refractivity contribution in [2.45, 2.75) is 70.5 Å². The van der Waals surface area contributed by atoms with Crippen molar-refractivity contribution in [3.05, 3.63) is 0 Å². The predicted molar refractivity (Wildman–Crippen MR) is 88.8 cm³/mol. The molecule has 0 amide bonds. The Kier molecular flexibility index (Phi) is 13.4. The summed E-state index contributed by atoms with van der Waals surface area (Å²) in [5, 5.41) is -0.576. The Balaban J connectivity index is 4.43. The highest BCUT2D eigenvalue weighted by Gasteiger charge is 2.27. The highest BCUT2D eigenvalue weighted by atomic mass is 32.2. The third kappa shape index (κ3) is 10.9. The van der Waals surface area contributed by atoms with E-state index >= 15 is 0 Å². The highest BCUT2D eigenvalue weighted by Crippen LogP contribution is 2.23. The lowest BCUT2D eigenvalue weighted by Crippen LogP contribution is -2.27. The fourth-order valence-corrected chi connectivity index (χ4v) is 2.73.